The van der Waals surface area contributed by atoms with Crippen LogP contribution in [0.15, 0.2) is 0 Å². The molecule has 14 heavy (non-hydrogen) atoms. The van der Waals surface area contributed by atoms with Crippen LogP contribution in [0.3, 0.4) is 0 Å². The van der Waals surface area contributed by atoms with Gasteiger partial charge in [0.1, 0.15) is 0 Å². The van der Waals surface area contributed by atoms with Crippen LogP contribution in [0.5, 0.6) is 0 Å². The SMILES string of the molecule is CCCCC(O)(CCC(C)C)C(=O)O. The van der Waals surface area contributed by atoms with Crippen molar-refractivity contribution in [2.45, 2.75) is 58.5 Å². The molecule has 3 nitrogen and oxygen atoms in total. The minimum atomic E-state index is -1.50. The van der Waals surface area contributed by atoms with E-state index in [2.05, 4.69) is 0 Å². The van der Waals surface area contributed by atoms with Gasteiger partial charge in [-0.2, -0.15) is 0 Å². The Balaban J connectivity index is 4.17. The first-order valence-corrected chi connectivity index (χ1v) is 5.38. The van der Waals surface area contributed by atoms with Crippen molar-refractivity contribution in [3.63, 3.8) is 0 Å². The summed E-state index contributed by atoms with van der Waals surface area (Å²) in [5, 5.41) is 18.8. The molecule has 0 aliphatic heterocycles. The Morgan fingerprint density at radius 3 is 2.29 bits per heavy atom. The molecule has 0 aliphatic carbocycles. The van der Waals surface area contributed by atoms with Crippen molar-refractivity contribution in [3.05, 3.63) is 0 Å². The van der Waals surface area contributed by atoms with Gasteiger partial charge in [-0.15, -0.1) is 0 Å². The van der Waals surface area contributed by atoms with Gasteiger partial charge in [0.2, 0.25) is 0 Å². The van der Waals surface area contributed by atoms with Gasteiger partial charge in [0.25, 0.3) is 0 Å². The maximum absolute atomic E-state index is 10.9. The van der Waals surface area contributed by atoms with Gasteiger partial charge in [-0.05, 0) is 25.2 Å². The molecule has 0 radical (unpaired) electrons. The van der Waals surface area contributed by atoms with E-state index in [1.54, 1.807) is 0 Å². The van der Waals surface area contributed by atoms with E-state index < -0.39 is 11.6 Å². The molecule has 0 aromatic rings. The third-order valence-electron chi connectivity index (χ3n) is 2.48. The van der Waals surface area contributed by atoms with E-state index in [0.29, 0.717) is 18.8 Å². The van der Waals surface area contributed by atoms with Crippen molar-refractivity contribution in [1.82, 2.24) is 0 Å². The van der Waals surface area contributed by atoms with Gasteiger partial charge in [0.15, 0.2) is 5.60 Å². The fourth-order valence-electron chi connectivity index (χ4n) is 1.34. The van der Waals surface area contributed by atoms with Crippen LogP contribution in [-0.4, -0.2) is 21.8 Å². The zero-order valence-electron chi connectivity index (χ0n) is 9.42. The number of carboxylic acids is 1. The summed E-state index contributed by atoms with van der Waals surface area (Å²) in [6, 6.07) is 0. The van der Waals surface area contributed by atoms with Crippen LogP contribution in [0.1, 0.15) is 52.9 Å². The maximum atomic E-state index is 10.9. The third-order valence-corrected chi connectivity index (χ3v) is 2.48. The number of carboxylic acid groups (broad SMARTS) is 1. The van der Waals surface area contributed by atoms with Crippen LogP contribution in [-0.2, 0) is 4.79 Å². The summed E-state index contributed by atoms with van der Waals surface area (Å²) in [4.78, 5) is 10.9. The maximum Gasteiger partial charge on any atom is 0.335 e. The van der Waals surface area contributed by atoms with Gasteiger partial charge in [-0.3, -0.25) is 0 Å². The summed E-state index contributed by atoms with van der Waals surface area (Å²) < 4.78 is 0. The predicted octanol–water partition coefficient (Wildman–Crippen LogP) is 2.43. The summed E-state index contributed by atoms with van der Waals surface area (Å²) in [5.74, 6) is -0.644. The van der Waals surface area contributed by atoms with Crippen molar-refractivity contribution < 1.29 is 15.0 Å². The number of unbranched alkanes of at least 4 members (excludes halogenated alkanes) is 1. The van der Waals surface area contributed by atoms with Gasteiger partial charge < -0.3 is 10.2 Å². The molecule has 3 heteroatoms. The van der Waals surface area contributed by atoms with Gasteiger partial charge in [-0.1, -0.05) is 33.6 Å². The van der Waals surface area contributed by atoms with Crippen LogP contribution >= 0.6 is 0 Å². The first kappa shape index (κ1) is 13.4. The highest BCUT2D eigenvalue weighted by Crippen LogP contribution is 2.23. The zero-order valence-corrected chi connectivity index (χ0v) is 9.42. The summed E-state index contributed by atoms with van der Waals surface area (Å²) >= 11 is 0. The highest BCUT2D eigenvalue weighted by Gasteiger charge is 2.34. The molecule has 0 amide bonds. The zero-order chi connectivity index (χ0) is 11.2. The largest absolute Gasteiger partial charge is 0.479 e. The molecule has 0 spiro atoms. The molecule has 0 fully saturated rings. The van der Waals surface area contributed by atoms with Crippen molar-refractivity contribution in [3.8, 4) is 0 Å². The molecule has 0 aromatic carbocycles. The quantitative estimate of drug-likeness (QED) is 0.666. The summed E-state index contributed by atoms with van der Waals surface area (Å²) in [6.07, 6.45) is 3.16. The Bertz CT molecular complexity index is 177. The molecular formula is C11H22O3. The predicted molar refractivity (Wildman–Crippen MR) is 56.2 cm³/mol. The average molecular weight is 202 g/mol. The van der Waals surface area contributed by atoms with Crippen LogP contribution in [0, 0.1) is 5.92 Å². The Kier molecular flexibility index (Phi) is 5.77. The Hall–Kier alpha value is -0.570. The first-order chi connectivity index (χ1) is 6.42. The van der Waals surface area contributed by atoms with Crippen molar-refractivity contribution in [2.24, 2.45) is 5.92 Å². The number of carbonyl (C=O) groups is 1. The normalized spacial score (nSPS) is 15.5. The smallest absolute Gasteiger partial charge is 0.335 e. The number of hydrogen-bond acceptors (Lipinski definition) is 2. The standard InChI is InChI=1S/C11H22O3/c1-4-5-7-11(14,10(12)13)8-6-9(2)3/h9,14H,4-8H2,1-3H3,(H,12,13). The third kappa shape index (κ3) is 4.61. The van der Waals surface area contributed by atoms with Crippen LogP contribution in [0.4, 0.5) is 0 Å². The van der Waals surface area contributed by atoms with E-state index in [1.165, 1.54) is 0 Å². The lowest BCUT2D eigenvalue weighted by molar-refractivity contribution is -0.160. The van der Waals surface area contributed by atoms with E-state index in [9.17, 15) is 9.90 Å². The van der Waals surface area contributed by atoms with E-state index in [4.69, 9.17) is 5.11 Å². The van der Waals surface area contributed by atoms with Gasteiger partial charge in [0.05, 0.1) is 0 Å². The molecule has 1 atom stereocenters. The molecule has 0 bridgehead atoms. The lowest BCUT2D eigenvalue weighted by Crippen LogP contribution is -2.38. The van der Waals surface area contributed by atoms with Gasteiger partial charge in [-0.25, -0.2) is 4.79 Å². The van der Waals surface area contributed by atoms with Crippen molar-refractivity contribution >= 4 is 5.97 Å². The van der Waals surface area contributed by atoms with E-state index in [-0.39, 0.29) is 0 Å². The molecule has 84 valence electrons. The second-order valence-corrected chi connectivity index (χ2v) is 4.37. The molecule has 2 N–H and O–H groups in total. The summed E-state index contributed by atoms with van der Waals surface area (Å²) in [5.41, 5.74) is -1.50. The topological polar surface area (TPSA) is 57.5 Å². The number of aliphatic carboxylic acids is 1. The highest BCUT2D eigenvalue weighted by molar-refractivity contribution is 5.76. The lowest BCUT2D eigenvalue weighted by Gasteiger charge is -2.23. The molecular weight excluding hydrogens is 180 g/mol. The molecule has 0 aromatic heterocycles. The molecule has 0 aliphatic rings. The second-order valence-electron chi connectivity index (χ2n) is 4.37. The van der Waals surface area contributed by atoms with Crippen LogP contribution in [0.25, 0.3) is 0 Å². The van der Waals surface area contributed by atoms with Gasteiger partial charge >= 0.3 is 5.97 Å². The summed E-state index contributed by atoms with van der Waals surface area (Å²) in [7, 11) is 0. The van der Waals surface area contributed by atoms with Gasteiger partial charge in [0, 0.05) is 0 Å². The second kappa shape index (κ2) is 6.02. The number of rotatable bonds is 7. The van der Waals surface area contributed by atoms with Crippen LogP contribution < -0.4 is 0 Å². The van der Waals surface area contributed by atoms with E-state index >= 15 is 0 Å². The summed E-state index contributed by atoms with van der Waals surface area (Å²) in [6.45, 7) is 6.05. The first-order valence-electron chi connectivity index (χ1n) is 5.38. The molecule has 0 saturated carbocycles. The molecule has 1 unspecified atom stereocenters. The minimum Gasteiger partial charge on any atom is -0.479 e. The van der Waals surface area contributed by atoms with Crippen LogP contribution in [0.2, 0.25) is 0 Å². The monoisotopic (exact) mass is 202 g/mol. The Morgan fingerprint density at radius 2 is 1.93 bits per heavy atom. The van der Waals surface area contributed by atoms with E-state index in [0.717, 1.165) is 19.3 Å². The van der Waals surface area contributed by atoms with E-state index in [1.807, 2.05) is 20.8 Å². The van der Waals surface area contributed by atoms with Crippen molar-refractivity contribution in [1.29, 1.82) is 0 Å². The fraction of sp³-hybridized carbons (Fsp3) is 0.909. The molecule has 0 heterocycles. The number of aliphatic hydroxyl groups is 1. The Morgan fingerprint density at radius 1 is 1.36 bits per heavy atom. The average Bonchev–Trinajstić information content (AvgIpc) is 2.11. The highest BCUT2D eigenvalue weighted by atomic mass is 16.4. The minimum absolute atomic E-state index is 0.361. The molecule has 0 rings (SSSR count). The Labute approximate surface area is 86.1 Å². The fourth-order valence-corrected chi connectivity index (χ4v) is 1.34. The molecule has 0 saturated heterocycles. The van der Waals surface area contributed by atoms with Crippen molar-refractivity contribution in [2.75, 3.05) is 0 Å². The number of hydrogen-bond donors (Lipinski definition) is 2. The lowest BCUT2D eigenvalue weighted by atomic mass is 9.89.